The summed E-state index contributed by atoms with van der Waals surface area (Å²) < 4.78 is 52.4. The third-order valence-corrected chi connectivity index (χ3v) is 5.13. The van der Waals surface area contributed by atoms with E-state index in [0.29, 0.717) is 24.7 Å². The molecule has 2 aromatic rings. The van der Waals surface area contributed by atoms with Crippen molar-refractivity contribution < 1.29 is 17.2 Å². The molecular weight excluding hydrogens is 284 g/mol. The van der Waals surface area contributed by atoms with E-state index in [-0.39, 0.29) is 4.90 Å². The molecule has 3 nitrogen and oxygen atoms in total. The van der Waals surface area contributed by atoms with Gasteiger partial charge in [0.1, 0.15) is 0 Å². The van der Waals surface area contributed by atoms with Gasteiger partial charge in [-0.05, 0) is 36.2 Å². The number of anilines is 1. The molecule has 0 radical (unpaired) electrons. The Morgan fingerprint density at radius 1 is 1.00 bits per heavy atom. The molecule has 0 saturated heterocycles. The molecule has 0 spiro atoms. The Morgan fingerprint density at radius 3 is 2.50 bits per heavy atom. The van der Waals surface area contributed by atoms with E-state index in [1.165, 1.54) is 4.31 Å². The first kappa shape index (κ1) is 13.1. The van der Waals surface area contributed by atoms with Crippen LogP contribution in [0.3, 0.4) is 0 Å². The van der Waals surface area contributed by atoms with Crippen molar-refractivity contribution in [2.45, 2.75) is 11.3 Å². The first-order valence-electron chi connectivity index (χ1n) is 6.06. The van der Waals surface area contributed by atoms with Crippen LogP contribution in [0.1, 0.15) is 5.56 Å². The molecule has 0 aliphatic carbocycles. The number of fused-ring (bicyclic) bond motifs is 1. The Hall–Kier alpha value is -1.95. The molecule has 6 heteroatoms. The van der Waals surface area contributed by atoms with Gasteiger partial charge >= 0.3 is 0 Å². The minimum atomic E-state index is -3.86. The fourth-order valence-corrected chi connectivity index (χ4v) is 3.84. The van der Waals surface area contributed by atoms with Crippen molar-refractivity contribution in [3.63, 3.8) is 0 Å². The van der Waals surface area contributed by atoms with Gasteiger partial charge in [-0.15, -0.1) is 0 Å². The van der Waals surface area contributed by atoms with E-state index in [1.807, 2.05) is 12.1 Å². The van der Waals surface area contributed by atoms with E-state index < -0.39 is 21.7 Å². The predicted octanol–water partition coefficient (Wildman–Crippen LogP) is 2.72. The van der Waals surface area contributed by atoms with Gasteiger partial charge in [0.05, 0.1) is 10.6 Å². The molecule has 1 aliphatic heterocycles. The lowest BCUT2D eigenvalue weighted by molar-refractivity contribution is 0.504. The number of halogens is 2. The zero-order chi connectivity index (χ0) is 14.3. The van der Waals surface area contributed by atoms with Crippen molar-refractivity contribution in [2.24, 2.45) is 0 Å². The average molecular weight is 295 g/mol. The second-order valence-electron chi connectivity index (χ2n) is 4.53. The van der Waals surface area contributed by atoms with Gasteiger partial charge in [-0.25, -0.2) is 17.2 Å². The van der Waals surface area contributed by atoms with E-state index in [9.17, 15) is 17.2 Å². The second kappa shape index (κ2) is 4.56. The van der Waals surface area contributed by atoms with Crippen LogP contribution in [-0.2, 0) is 16.4 Å². The van der Waals surface area contributed by atoms with Crippen molar-refractivity contribution in [1.29, 1.82) is 0 Å². The van der Waals surface area contributed by atoms with Gasteiger partial charge in [-0.1, -0.05) is 18.2 Å². The summed E-state index contributed by atoms with van der Waals surface area (Å²) in [4.78, 5) is -0.242. The van der Waals surface area contributed by atoms with Crippen molar-refractivity contribution >= 4 is 15.7 Å². The highest BCUT2D eigenvalue weighted by molar-refractivity contribution is 7.92. The zero-order valence-electron chi connectivity index (χ0n) is 10.4. The van der Waals surface area contributed by atoms with Crippen molar-refractivity contribution in [2.75, 3.05) is 10.8 Å². The fraction of sp³-hybridized carbons (Fsp3) is 0.143. The SMILES string of the molecule is O=S(=O)(c1ccc(F)c(F)c1)N1CCc2ccccc21. The molecule has 20 heavy (non-hydrogen) atoms. The molecule has 1 heterocycles. The molecule has 0 atom stereocenters. The molecule has 0 N–H and O–H groups in total. The summed E-state index contributed by atoms with van der Waals surface area (Å²) in [5, 5.41) is 0. The molecule has 1 aliphatic rings. The van der Waals surface area contributed by atoms with Crippen LogP contribution in [0.15, 0.2) is 47.4 Å². The van der Waals surface area contributed by atoms with E-state index >= 15 is 0 Å². The Balaban J connectivity index is 2.07. The summed E-state index contributed by atoms with van der Waals surface area (Å²) in [6.07, 6.45) is 0.610. The maximum atomic E-state index is 13.2. The van der Waals surface area contributed by atoms with Gasteiger partial charge in [0, 0.05) is 6.54 Å². The normalized spacial score (nSPS) is 14.4. The number of nitrogens with zero attached hydrogens (tertiary/aromatic N) is 1. The number of sulfonamides is 1. The lowest BCUT2D eigenvalue weighted by Crippen LogP contribution is -2.29. The predicted molar refractivity (Wildman–Crippen MR) is 71.0 cm³/mol. The minimum absolute atomic E-state index is 0.242. The standard InChI is InChI=1S/C14H11F2NO2S/c15-12-6-5-11(9-13(12)16)20(18,19)17-8-7-10-3-1-2-4-14(10)17/h1-6,9H,7-8H2. The van der Waals surface area contributed by atoms with Crippen LogP contribution in [0.25, 0.3) is 0 Å². The molecule has 104 valence electrons. The fourth-order valence-electron chi connectivity index (χ4n) is 2.32. The Bertz CT molecular complexity index is 774. The number of para-hydroxylation sites is 1. The van der Waals surface area contributed by atoms with Crippen LogP contribution in [0.4, 0.5) is 14.5 Å². The van der Waals surface area contributed by atoms with Crippen LogP contribution in [0.2, 0.25) is 0 Å². The lowest BCUT2D eigenvalue weighted by Gasteiger charge is -2.19. The van der Waals surface area contributed by atoms with Crippen LogP contribution in [0.5, 0.6) is 0 Å². The Kier molecular flexibility index (Phi) is 2.97. The summed E-state index contributed by atoms with van der Waals surface area (Å²) in [5.41, 5.74) is 1.52. The van der Waals surface area contributed by atoms with Crippen LogP contribution < -0.4 is 4.31 Å². The highest BCUT2D eigenvalue weighted by atomic mass is 32.2. The first-order chi connectivity index (χ1) is 9.50. The van der Waals surface area contributed by atoms with Crippen LogP contribution >= 0.6 is 0 Å². The minimum Gasteiger partial charge on any atom is -0.266 e. The van der Waals surface area contributed by atoms with Gasteiger partial charge in [0.15, 0.2) is 11.6 Å². The monoisotopic (exact) mass is 295 g/mol. The molecule has 0 unspecified atom stereocenters. The number of benzene rings is 2. The third kappa shape index (κ3) is 1.96. The maximum Gasteiger partial charge on any atom is 0.264 e. The number of rotatable bonds is 2. The summed E-state index contributed by atoms with van der Waals surface area (Å²) in [7, 11) is -3.86. The van der Waals surface area contributed by atoms with Crippen molar-refractivity contribution in [1.82, 2.24) is 0 Å². The molecular formula is C14H11F2NO2S. The Labute approximate surface area is 115 Å². The van der Waals surface area contributed by atoms with E-state index in [1.54, 1.807) is 12.1 Å². The van der Waals surface area contributed by atoms with Gasteiger partial charge in [0.2, 0.25) is 0 Å². The maximum absolute atomic E-state index is 13.2. The second-order valence-corrected chi connectivity index (χ2v) is 6.39. The molecule has 0 aromatic heterocycles. The van der Waals surface area contributed by atoms with E-state index in [2.05, 4.69) is 0 Å². The summed E-state index contributed by atoms with van der Waals surface area (Å²) in [6.45, 7) is 0.306. The smallest absolute Gasteiger partial charge is 0.264 e. The summed E-state index contributed by atoms with van der Waals surface area (Å²) >= 11 is 0. The molecule has 0 bridgehead atoms. The van der Waals surface area contributed by atoms with Gasteiger partial charge in [0.25, 0.3) is 10.0 Å². The van der Waals surface area contributed by atoms with Crippen molar-refractivity contribution in [3.8, 4) is 0 Å². The number of hydrogen-bond acceptors (Lipinski definition) is 2. The van der Waals surface area contributed by atoms with Gasteiger partial charge in [-0.3, -0.25) is 4.31 Å². The third-order valence-electron chi connectivity index (χ3n) is 3.32. The van der Waals surface area contributed by atoms with Crippen molar-refractivity contribution in [3.05, 3.63) is 59.7 Å². The first-order valence-corrected chi connectivity index (χ1v) is 7.50. The molecule has 0 fully saturated rings. The largest absolute Gasteiger partial charge is 0.266 e. The highest BCUT2D eigenvalue weighted by Crippen LogP contribution is 2.32. The topological polar surface area (TPSA) is 37.4 Å². The highest BCUT2D eigenvalue weighted by Gasteiger charge is 2.31. The lowest BCUT2D eigenvalue weighted by atomic mass is 10.2. The molecule has 2 aromatic carbocycles. The zero-order valence-corrected chi connectivity index (χ0v) is 11.2. The van der Waals surface area contributed by atoms with Gasteiger partial charge in [-0.2, -0.15) is 0 Å². The van der Waals surface area contributed by atoms with Gasteiger partial charge < -0.3 is 0 Å². The summed E-state index contributed by atoms with van der Waals surface area (Å²) in [5.74, 6) is -2.23. The Morgan fingerprint density at radius 2 is 1.75 bits per heavy atom. The van der Waals surface area contributed by atoms with Crippen LogP contribution in [-0.4, -0.2) is 15.0 Å². The van der Waals surface area contributed by atoms with E-state index in [4.69, 9.17) is 0 Å². The number of hydrogen-bond donors (Lipinski definition) is 0. The van der Waals surface area contributed by atoms with E-state index in [0.717, 1.165) is 17.7 Å². The average Bonchev–Trinajstić information content (AvgIpc) is 2.86. The molecule has 0 saturated carbocycles. The molecule has 3 rings (SSSR count). The van der Waals surface area contributed by atoms with Crippen LogP contribution in [0, 0.1) is 11.6 Å². The quantitative estimate of drug-likeness (QED) is 0.854. The molecule has 0 amide bonds. The summed E-state index contributed by atoms with van der Waals surface area (Å²) in [6, 6.07) is 9.77.